The highest BCUT2D eigenvalue weighted by atomic mass is 19.3. The maximum absolute atomic E-state index is 11.8. The number of nitrogens with zero attached hydrogens (tertiary/aromatic N) is 2. The molecule has 0 aliphatic heterocycles. The molecule has 0 saturated heterocycles. The molecule has 0 aliphatic carbocycles. The lowest BCUT2D eigenvalue weighted by Gasteiger charge is -2.09. The number of rotatable bonds is 8. The van der Waals surface area contributed by atoms with Crippen LogP contribution in [0.15, 0.2) is 6.07 Å². The molecular formula is C11H18F2N4O. The van der Waals surface area contributed by atoms with Gasteiger partial charge < -0.3 is 15.4 Å². The lowest BCUT2D eigenvalue weighted by atomic mass is 10.4. The lowest BCUT2D eigenvalue weighted by Crippen LogP contribution is -2.14. The van der Waals surface area contributed by atoms with Crippen molar-refractivity contribution >= 4 is 11.6 Å². The third-order valence-corrected chi connectivity index (χ3v) is 1.99. The van der Waals surface area contributed by atoms with Gasteiger partial charge in [0.05, 0.1) is 6.61 Å². The molecule has 0 bridgehead atoms. The van der Waals surface area contributed by atoms with Crippen LogP contribution in [0.5, 0.6) is 0 Å². The van der Waals surface area contributed by atoms with Crippen LogP contribution in [-0.4, -0.2) is 42.7 Å². The topological polar surface area (TPSA) is 59.1 Å². The lowest BCUT2D eigenvalue weighted by molar-refractivity contribution is 0.0215. The van der Waals surface area contributed by atoms with Crippen molar-refractivity contribution in [3.05, 3.63) is 11.9 Å². The molecule has 0 spiro atoms. The summed E-state index contributed by atoms with van der Waals surface area (Å²) in [4.78, 5) is 8.38. The first-order valence-electron chi connectivity index (χ1n) is 5.81. The van der Waals surface area contributed by atoms with Crippen LogP contribution < -0.4 is 10.6 Å². The van der Waals surface area contributed by atoms with Crippen LogP contribution in [-0.2, 0) is 4.74 Å². The first-order chi connectivity index (χ1) is 8.61. The average molecular weight is 260 g/mol. The minimum Gasteiger partial charge on any atom is -0.374 e. The van der Waals surface area contributed by atoms with Crippen molar-refractivity contribution in [2.75, 3.05) is 36.9 Å². The zero-order valence-electron chi connectivity index (χ0n) is 10.5. The van der Waals surface area contributed by atoms with Gasteiger partial charge in [0.1, 0.15) is 24.1 Å². The fourth-order valence-corrected chi connectivity index (χ4v) is 1.35. The van der Waals surface area contributed by atoms with E-state index in [1.807, 2.05) is 6.92 Å². The SMILES string of the molecule is CCNc1cc(NCCOCC(F)F)nc(C)n1. The minimum absolute atomic E-state index is 0.212. The molecule has 0 radical (unpaired) electrons. The number of ether oxygens (including phenoxy) is 1. The van der Waals surface area contributed by atoms with Gasteiger partial charge in [-0.2, -0.15) is 0 Å². The monoisotopic (exact) mass is 260 g/mol. The highest BCUT2D eigenvalue weighted by Crippen LogP contribution is 2.10. The van der Waals surface area contributed by atoms with Gasteiger partial charge in [-0.1, -0.05) is 0 Å². The predicted octanol–water partition coefficient (Wildman–Crippen LogP) is 1.91. The molecule has 5 nitrogen and oxygen atoms in total. The minimum atomic E-state index is -2.42. The Morgan fingerprint density at radius 1 is 1.28 bits per heavy atom. The zero-order chi connectivity index (χ0) is 13.4. The molecule has 0 unspecified atom stereocenters. The van der Waals surface area contributed by atoms with Crippen LogP contribution in [0, 0.1) is 6.92 Å². The maximum atomic E-state index is 11.8. The van der Waals surface area contributed by atoms with E-state index in [9.17, 15) is 8.78 Å². The largest absolute Gasteiger partial charge is 0.374 e. The summed E-state index contributed by atoms with van der Waals surface area (Å²) < 4.78 is 28.4. The molecule has 0 aromatic carbocycles. The summed E-state index contributed by atoms with van der Waals surface area (Å²) in [5.41, 5.74) is 0. The van der Waals surface area contributed by atoms with E-state index in [0.717, 1.165) is 12.4 Å². The Morgan fingerprint density at radius 2 is 1.94 bits per heavy atom. The number of aryl methyl sites for hydroxylation is 1. The van der Waals surface area contributed by atoms with Gasteiger partial charge in [-0.05, 0) is 13.8 Å². The maximum Gasteiger partial charge on any atom is 0.261 e. The van der Waals surface area contributed by atoms with E-state index in [0.29, 0.717) is 18.2 Å². The standard InChI is InChI=1S/C11H18F2N4O/c1-3-14-10-6-11(17-8(2)16-10)15-4-5-18-7-9(12)13/h6,9H,3-5,7H2,1-2H3,(H2,14,15,16,17). The Hall–Kier alpha value is -1.50. The fourth-order valence-electron chi connectivity index (χ4n) is 1.35. The van der Waals surface area contributed by atoms with Crippen molar-refractivity contribution in [3.63, 3.8) is 0 Å². The molecule has 2 N–H and O–H groups in total. The van der Waals surface area contributed by atoms with Gasteiger partial charge >= 0.3 is 0 Å². The van der Waals surface area contributed by atoms with Gasteiger partial charge in [-0.3, -0.25) is 0 Å². The van der Waals surface area contributed by atoms with E-state index in [4.69, 9.17) is 4.74 Å². The second-order valence-electron chi connectivity index (χ2n) is 3.61. The summed E-state index contributed by atoms with van der Waals surface area (Å²) in [7, 11) is 0. The Bertz CT molecular complexity index is 363. The summed E-state index contributed by atoms with van der Waals surface area (Å²) in [6, 6.07) is 1.77. The zero-order valence-corrected chi connectivity index (χ0v) is 10.5. The Balaban J connectivity index is 2.37. The number of alkyl halides is 2. The van der Waals surface area contributed by atoms with E-state index in [2.05, 4.69) is 20.6 Å². The van der Waals surface area contributed by atoms with Gasteiger partial charge in [-0.25, -0.2) is 18.7 Å². The van der Waals surface area contributed by atoms with Crippen molar-refractivity contribution in [2.45, 2.75) is 20.3 Å². The Morgan fingerprint density at radius 3 is 2.56 bits per heavy atom. The van der Waals surface area contributed by atoms with Gasteiger partial charge in [0.2, 0.25) is 0 Å². The molecule has 0 saturated carbocycles. The molecule has 1 heterocycles. The highest BCUT2D eigenvalue weighted by molar-refractivity contribution is 5.47. The summed E-state index contributed by atoms with van der Waals surface area (Å²) in [5, 5.41) is 6.08. The van der Waals surface area contributed by atoms with Crippen LogP contribution in [0.4, 0.5) is 20.4 Å². The van der Waals surface area contributed by atoms with Crippen molar-refractivity contribution in [2.24, 2.45) is 0 Å². The fraction of sp³-hybridized carbons (Fsp3) is 0.636. The summed E-state index contributed by atoms with van der Waals surface area (Å²) >= 11 is 0. The number of halogens is 2. The van der Waals surface area contributed by atoms with Crippen molar-refractivity contribution in [1.29, 1.82) is 0 Å². The molecular weight excluding hydrogens is 242 g/mol. The third-order valence-electron chi connectivity index (χ3n) is 1.99. The van der Waals surface area contributed by atoms with Crippen LogP contribution in [0.2, 0.25) is 0 Å². The summed E-state index contributed by atoms with van der Waals surface area (Å²) in [6.45, 7) is 4.64. The number of anilines is 2. The molecule has 1 aromatic heterocycles. The van der Waals surface area contributed by atoms with Crippen LogP contribution >= 0.6 is 0 Å². The van der Waals surface area contributed by atoms with E-state index in [1.165, 1.54) is 0 Å². The molecule has 1 aromatic rings. The molecule has 102 valence electrons. The first-order valence-corrected chi connectivity index (χ1v) is 5.81. The van der Waals surface area contributed by atoms with E-state index < -0.39 is 13.0 Å². The van der Waals surface area contributed by atoms with Crippen LogP contribution in [0.3, 0.4) is 0 Å². The summed E-state index contributed by atoms with van der Waals surface area (Å²) in [5.74, 6) is 2.03. The van der Waals surface area contributed by atoms with E-state index in [1.54, 1.807) is 13.0 Å². The first kappa shape index (κ1) is 14.6. The average Bonchev–Trinajstić information content (AvgIpc) is 2.28. The third kappa shape index (κ3) is 5.72. The second-order valence-corrected chi connectivity index (χ2v) is 3.61. The van der Waals surface area contributed by atoms with Crippen molar-refractivity contribution in [3.8, 4) is 0 Å². The number of nitrogens with one attached hydrogen (secondary N) is 2. The Kier molecular flexibility index (Phi) is 6.27. The van der Waals surface area contributed by atoms with Gasteiger partial charge in [0.15, 0.2) is 0 Å². The molecule has 1 rings (SSSR count). The smallest absolute Gasteiger partial charge is 0.261 e. The van der Waals surface area contributed by atoms with Gasteiger partial charge in [0, 0.05) is 19.2 Å². The van der Waals surface area contributed by atoms with Gasteiger partial charge in [0.25, 0.3) is 6.43 Å². The van der Waals surface area contributed by atoms with E-state index in [-0.39, 0.29) is 6.61 Å². The molecule has 18 heavy (non-hydrogen) atoms. The Labute approximate surface area is 105 Å². The predicted molar refractivity (Wildman–Crippen MR) is 66.2 cm³/mol. The molecule has 7 heteroatoms. The van der Waals surface area contributed by atoms with Crippen molar-refractivity contribution < 1.29 is 13.5 Å². The molecule has 0 aliphatic rings. The normalized spacial score (nSPS) is 10.7. The molecule has 0 atom stereocenters. The number of hydrogen-bond donors (Lipinski definition) is 2. The quantitative estimate of drug-likeness (QED) is 0.699. The van der Waals surface area contributed by atoms with Crippen molar-refractivity contribution in [1.82, 2.24) is 9.97 Å². The van der Waals surface area contributed by atoms with Crippen LogP contribution in [0.1, 0.15) is 12.7 Å². The van der Waals surface area contributed by atoms with E-state index >= 15 is 0 Å². The number of aromatic nitrogens is 2. The number of hydrogen-bond acceptors (Lipinski definition) is 5. The molecule has 0 fully saturated rings. The second kappa shape index (κ2) is 7.75. The molecule has 0 amide bonds. The van der Waals surface area contributed by atoms with Gasteiger partial charge in [-0.15, -0.1) is 0 Å². The highest BCUT2D eigenvalue weighted by Gasteiger charge is 2.02. The summed E-state index contributed by atoms with van der Waals surface area (Å²) in [6.07, 6.45) is -2.42. The van der Waals surface area contributed by atoms with Crippen LogP contribution in [0.25, 0.3) is 0 Å².